The van der Waals surface area contributed by atoms with Gasteiger partial charge in [0.05, 0.1) is 5.56 Å². The molecule has 0 amide bonds. The molecule has 3 aromatic rings. The summed E-state index contributed by atoms with van der Waals surface area (Å²) in [4.78, 5) is 12.9. The number of benzene rings is 3. The molecule has 0 unspecified atom stereocenters. The highest BCUT2D eigenvalue weighted by atomic mass is 16.3. The van der Waals surface area contributed by atoms with Crippen molar-refractivity contribution in [3.63, 3.8) is 0 Å². The maximum Gasteiger partial charge on any atom is 0.197 e. The minimum atomic E-state index is -0.196. The molecular weight excluding hydrogens is 284 g/mol. The minimum absolute atomic E-state index is 0.00704. The summed E-state index contributed by atoms with van der Waals surface area (Å²) < 4.78 is 0. The molecule has 0 saturated heterocycles. The predicted octanol–water partition coefficient (Wildman–Crippen LogP) is 4.82. The maximum atomic E-state index is 12.9. The summed E-state index contributed by atoms with van der Waals surface area (Å²) in [5.74, 6) is -0.203. The van der Waals surface area contributed by atoms with Crippen molar-refractivity contribution in [3.8, 4) is 5.75 Å². The molecule has 0 radical (unpaired) electrons. The van der Waals surface area contributed by atoms with E-state index in [2.05, 4.69) is 0 Å². The molecule has 0 spiro atoms. The zero-order valence-corrected chi connectivity index (χ0v) is 12.5. The number of phenols is 1. The summed E-state index contributed by atoms with van der Waals surface area (Å²) >= 11 is 0. The first-order valence-electron chi connectivity index (χ1n) is 7.40. The van der Waals surface area contributed by atoms with Crippen molar-refractivity contribution >= 4 is 17.4 Å². The molecule has 3 rings (SSSR count). The zero-order chi connectivity index (χ0) is 16.1. The zero-order valence-electron chi connectivity index (χ0n) is 12.5. The van der Waals surface area contributed by atoms with Crippen LogP contribution in [0.3, 0.4) is 0 Å². The van der Waals surface area contributed by atoms with Gasteiger partial charge in [-0.15, -0.1) is 0 Å². The van der Waals surface area contributed by atoms with Crippen LogP contribution in [0.2, 0.25) is 0 Å². The highest BCUT2D eigenvalue weighted by Gasteiger charge is 2.17. The molecule has 2 nitrogen and oxygen atoms in total. The van der Waals surface area contributed by atoms with Crippen LogP contribution in [-0.4, -0.2) is 10.9 Å². The first-order valence-corrected chi connectivity index (χ1v) is 7.40. The van der Waals surface area contributed by atoms with Crippen LogP contribution < -0.4 is 0 Å². The lowest BCUT2D eigenvalue weighted by atomic mass is 9.94. The minimum Gasteiger partial charge on any atom is -0.507 e. The van der Waals surface area contributed by atoms with Gasteiger partial charge in [-0.3, -0.25) is 4.79 Å². The summed E-state index contributed by atoms with van der Waals surface area (Å²) in [6.07, 6.45) is 1.85. The van der Waals surface area contributed by atoms with Gasteiger partial charge in [0.15, 0.2) is 5.78 Å². The van der Waals surface area contributed by atoms with Gasteiger partial charge < -0.3 is 5.11 Å². The predicted molar refractivity (Wildman–Crippen MR) is 93.2 cm³/mol. The standard InChI is InChI=1S/C21H16O2/c22-20-14-8-7-13-18(20)21(23)19(17-11-5-2-6-12-17)15-16-9-3-1-4-10-16/h1-15,22H/b19-15+. The van der Waals surface area contributed by atoms with E-state index in [4.69, 9.17) is 0 Å². The Balaban J connectivity index is 2.11. The Kier molecular flexibility index (Phi) is 4.34. The first-order chi connectivity index (χ1) is 11.3. The normalized spacial score (nSPS) is 11.2. The van der Waals surface area contributed by atoms with Gasteiger partial charge in [-0.1, -0.05) is 72.8 Å². The summed E-state index contributed by atoms with van der Waals surface area (Å²) in [5.41, 5.74) is 2.62. The molecule has 0 aliphatic rings. The van der Waals surface area contributed by atoms with E-state index in [0.29, 0.717) is 11.1 Å². The number of hydrogen-bond acceptors (Lipinski definition) is 2. The number of aromatic hydroxyl groups is 1. The third-order valence-corrected chi connectivity index (χ3v) is 3.59. The molecule has 0 aliphatic heterocycles. The largest absolute Gasteiger partial charge is 0.507 e. The number of carbonyl (C=O) groups excluding carboxylic acids is 1. The SMILES string of the molecule is O=C(/C(=C/c1ccccc1)c1ccccc1)c1ccccc1O. The summed E-state index contributed by atoms with van der Waals surface area (Å²) in [7, 11) is 0. The van der Waals surface area contributed by atoms with Gasteiger partial charge >= 0.3 is 0 Å². The quantitative estimate of drug-likeness (QED) is 0.426. The van der Waals surface area contributed by atoms with E-state index in [1.165, 1.54) is 6.07 Å². The van der Waals surface area contributed by atoms with E-state index >= 15 is 0 Å². The van der Waals surface area contributed by atoms with E-state index in [9.17, 15) is 9.90 Å². The molecule has 0 fully saturated rings. The number of para-hydroxylation sites is 1. The van der Waals surface area contributed by atoms with Crippen LogP contribution in [0.1, 0.15) is 21.5 Å². The van der Waals surface area contributed by atoms with E-state index in [0.717, 1.165) is 11.1 Å². The topological polar surface area (TPSA) is 37.3 Å². The van der Waals surface area contributed by atoms with E-state index in [1.807, 2.05) is 66.7 Å². The Hall–Kier alpha value is -3.13. The number of phenolic OH excluding ortho intramolecular Hbond substituents is 1. The van der Waals surface area contributed by atoms with Gasteiger partial charge in [-0.05, 0) is 29.3 Å². The molecule has 0 aliphatic carbocycles. The Morgan fingerprint density at radius 3 is 1.96 bits per heavy atom. The summed E-state index contributed by atoms with van der Waals surface area (Å²) in [5, 5.41) is 9.99. The Morgan fingerprint density at radius 1 is 0.739 bits per heavy atom. The van der Waals surface area contributed by atoms with Crippen LogP contribution in [0.15, 0.2) is 84.9 Å². The van der Waals surface area contributed by atoms with Gasteiger partial charge in [0.2, 0.25) is 0 Å². The molecule has 112 valence electrons. The van der Waals surface area contributed by atoms with Crippen LogP contribution in [0.4, 0.5) is 0 Å². The fourth-order valence-electron chi connectivity index (χ4n) is 2.42. The molecule has 3 aromatic carbocycles. The maximum absolute atomic E-state index is 12.9. The number of hydrogen-bond donors (Lipinski definition) is 1. The lowest BCUT2D eigenvalue weighted by molar-refractivity contribution is 0.105. The third kappa shape index (κ3) is 3.38. The Morgan fingerprint density at radius 2 is 1.30 bits per heavy atom. The van der Waals surface area contributed by atoms with Crippen molar-refractivity contribution in [1.29, 1.82) is 0 Å². The molecule has 0 aromatic heterocycles. The second-order valence-electron chi connectivity index (χ2n) is 5.18. The molecule has 0 heterocycles. The van der Waals surface area contributed by atoms with Crippen molar-refractivity contribution < 1.29 is 9.90 Å². The van der Waals surface area contributed by atoms with Gasteiger partial charge in [0.25, 0.3) is 0 Å². The van der Waals surface area contributed by atoms with Crippen molar-refractivity contribution in [1.82, 2.24) is 0 Å². The lowest BCUT2D eigenvalue weighted by Crippen LogP contribution is -2.03. The van der Waals surface area contributed by atoms with Crippen molar-refractivity contribution in [2.75, 3.05) is 0 Å². The molecule has 1 N–H and O–H groups in total. The molecule has 23 heavy (non-hydrogen) atoms. The molecule has 2 heteroatoms. The average molecular weight is 300 g/mol. The Labute approximate surface area is 135 Å². The number of ketones is 1. The molecule has 0 saturated carbocycles. The van der Waals surface area contributed by atoms with Crippen molar-refractivity contribution in [2.24, 2.45) is 0 Å². The van der Waals surface area contributed by atoms with Crippen molar-refractivity contribution in [2.45, 2.75) is 0 Å². The van der Waals surface area contributed by atoms with Gasteiger partial charge in [-0.25, -0.2) is 0 Å². The highest BCUT2D eigenvalue weighted by molar-refractivity contribution is 6.33. The van der Waals surface area contributed by atoms with Crippen molar-refractivity contribution in [3.05, 3.63) is 102 Å². The first kappa shape index (κ1) is 14.8. The second-order valence-corrected chi connectivity index (χ2v) is 5.18. The van der Waals surface area contributed by atoms with Crippen LogP contribution >= 0.6 is 0 Å². The fraction of sp³-hybridized carbons (Fsp3) is 0. The molecular formula is C21H16O2. The van der Waals surface area contributed by atoms with Crippen LogP contribution in [0.5, 0.6) is 5.75 Å². The van der Waals surface area contributed by atoms with E-state index < -0.39 is 0 Å². The third-order valence-electron chi connectivity index (χ3n) is 3.59. The summed E-state index contributed by atoms with van der Waals surface area (Å²) in [6.45, 7) is 0. The summed E-state index contributed by atoms with van der Waals surface area (Å²) in [6, 6.07) is 25.8. The van der Waals surface area contributed by atoms with Gasteiger partial charge in [0.1, 0.15) is 5.75 Å². The number of carbonyl (C=O) groups is 1. The highest BCUT2D eigenvalue weighted by Crippen LogP contribution is 2.26. The van der Waals surface area contributed by atoms with Crippen LogP contribution in [0, 0.1) is 0 Å². The number of allylic oxidation sites excluding steroid dienone is 1. The smallest absolute Gasteiger partial charge is 0.197 e. The monoisotopic (exact) mass is 300 g/mol. The van der Waals surface area contributed by atoms with E-state index in [1.54, 1.807) is 18.2 Å². The Bertz CT molecular complexity index is 834. The number of Topliss-reactive ketones (excluding diaryl/α,β-unsaturated/α-hetero) is 1. The van der Waals surface area contributed by atoms with Gasteiger partial charge in [0, 0.05) is 5.57 Å². The molecule has 0 bridgehead atoms. The van der Waals surface area contributed by atoms with Crippen LogP contribution in [-0.2, 0) is 0 Å². The average Bonchev–Trinajstić information content (AvgIpc) is 2.61. The lowest BCUT2D eigenvalue weighted by Gasteiger charge is -2.09. The fourth-order valence-corrected chi connectivity index (χ4v) is 2.42. The van der Waals surface area contributed by atoms with Crippen LogP contribution in [0.25, 0.3) is 11.6 Å². The van der Waals surface area contributed by atoms with E-state index in [-0.39, 0.29) is 11.5 Å². The van der Waals surface area contributed by atoms with Gasteiger partial charge in [-0.2, -0.15) is 0 Å². The molecule has 0 atom stereocenters. The second kappa shape index (κ2) is 6.75. The number of rotatable bonds is 4.